The average Bonchev–Trinajstić information content (AvgIpc) is 3.69. The number of anilines is 4. The van der Waals surface area contributed by atoms with Gasteiger partial charge in [-0.2, -0.15) is 0 Å². The summed E-state index contributed by atoms with van der Waals surface area (Å²) in [6.45, 7) is 0. The maximum atomic E-state index is 11.8. The van der Waals surface area contributed by atoms with Gasteiger partial charge in [-0.25, -0.2) is 9.97 Å². The minimum atomic E-state index is 0.464. The van der Waals surface area contributed by atoms with Gasteiger partial charge in [-0.05, 0) is 23.3 Å². The number of carbonyl (C=O) groups excluding carboxylic acids is 2. The maximum Gasteiger partial charge on any atom is 0.153 e. The first-order valence-corrected chi connectivity index (χ1v) is 11.8. The van der Waals surface area contributed by atoms with Crippen molar-refractivity contribution < 1.29 is 9.59 Å². The summed E-state index contributed by atoms with van der Waals surface area (Å²) in [6, 6.07) is 23.0. The second-order valence-electron chi connectivity index (χ2n) is 8.55. The molecule has 0 saturated carbocycles. The van der Waals surface area contributed by atoms with Crippen molar-refractivity contribution in [2.45, 2.75) is 0 Å². The zero-order chi connectivity index (χ0) is 25.9. The third-order valence-corrected chi connectivity index (χ3v) is 6.19. The number of carbonyl (C=O) groups is 2. The number of aromatic nitrogens is 5. The minimum absolute atomic E-state index is 0.464. The van der Waals surface area contributed by atoms with E-state index in [1.54, 1.807) is 24.5 Å². The molecular formula is C29H21N7O2. The van der Waals surface area contributed by atoms with Gasteiger partial charge in [-0.3, -0.25) is 14.6 Å². The third kappa shape index (κ3) is 4.28. The Morgan fingerprint density at radius 3 is 1.50 bits per heavy atom. The smallest absolute Gasteiger partial charge is 0.153 e. The molecule has 38 heavy (non-hydrogen) atoms. The standard InChI is InChI=1S/C29H21N7O2/c37-15-20-11-24(18-7-3-1-4-8-18)33-26(20)35-28-22-13-30-14-23(22)29(32-17-31-28)36-27-21(16-38)12-25(34-27)19-9-5-2-6-10-19/h1-17,33-34H,(H2,31,32,35,36). The lowest BCUT2D eigenvalue weighted by Crippen LogP contribution is -1.98. The maximum absolute atomic E-state index is 11.8. The highest BCUT2D eigenvalue weighted by atomic mass is 16.1. The molecule has 0 aliphatic carbocycles. The zero-order valence-electron chi connectivity index (χ0n) is 20.0. The number of aldehydes is 2. The quantitative estimate of drug-likeness (QED) is 0.187. The lowest BCUT2D eigenvalue weighted by atomic mass is 10.1. The number of nitrogens with zero attached hydrogens (tertiary/aromatic N) is 3. The normalized spacial score (nSPS) is 10.8. The molecule has 0 fully saturated rings. The summed E-state index contributed by atoms with van der Waals surface area (Å²) in [5, 5.41) is 6.46. The second kappa shape index (κ2) is 9.82. The van der Waals surface area contributed by atoms with Crippen molar-refractivity contribution in [3.8, 4) is 33.6 Å². The first kappa shape index (κ1) is 22.9. The number of hydrogen-bond donors (Lipinski definition) is 4. The summed E-state index contributed by atoms with van der Waals surface area (Å²) in [5.74, 6) is 1.95. The largest absolute Gasteiger partial charge is 0.341 e. The molecule has 0 spiro atoms. The molecule has 2 aliphatic heterocycles. The van der Waals surface area contributed by atoms with Gasteiger partial charge >= 0.3 is 0 Å². The van der Waals surface area contributed by atoms with Crippen molar-refractivity contribution in [2.75, 3.05) is 10.6 Å². The highest BCUT2D eigenvalue weighted by Gasteiger charge is 2.19. The van der Waals surface area contributed by atoms with Crippen LogP contribution in [-0.2, 0) is 0 Å². The van der Waals surface area contributed by atoms with E-state index >= 15 is 0 Å². The fraction of sp³-hybridized carbons (Fsp3) is 0. The van der Waals surface area contributed by atoms with Crippen LogP contribution in [0, 0.1) is 0 Å². The fourth-order valence-corrected chi connectivity index (χ4v) is 4.30. The van der Waals surface area contributed by atoms with Crippen LogP contribution in [0.5, 0.6) is 0 Å². The topological polar surface area (TPSA) is 128 Å². The molecule has 0 saturated heterocycles. The summed E-state index contributed by atoms with van der Waals surface area (Å²) in [5.41, 5.74) is 5.80. The molecule has 0 amide bonds. The van der Waals surface area contributed by atoms with E-state index in [1.165, 1.54) is 6.33 Å². The van der Waals surface area contributed by atoms with Crippen molar-refractivity contribution >= 4 is 35.8 Å². The zero-order valence-corrected chi connectivity index (χ0v) is 20.0. The van der Waals surface area contributed by atoms with E-state index in [1.807, 2.05) is 60.7 Å². The Morgan fingerprint density at radius 2 is 1.08 bits per heavy atom. The van der Waals surface area contributed by atoms with Crippen molar-refractivity contribution in [1.29, 1.82) is 0 Å². The molecule has 0 atom stereocenters. The number of fused-ring (bicyclic) bond motifs is 1. The predicted octanol–water partition coefficient (Wildman–Crippen LogP) is 6.08. The highest BCUT2D eigenvalue weighted by molar-refractivity contribution is 5.93. The molecular weight excluding hydrogens is 478 g/mol. The molecule has 2 aromatic carbocycles. The van der Waals surface area contributed by atoms with Crippen molar-refractivity contribution in [3.05, 3.63) is 103 Å². The molecule has 9 heteroatoms. The van der Waals surface area contributed by atoms with E-state index in [9.17, 15) is 9.59 Å². The monoisotopic (exact) mass is 499 g/mol. The molecule has 0 radical (unpaired) electrons. The first-order chi connectivity index (χ1) is 18.7. The lowest BCUT2D eigenvalue weighted by molar-refractivity contribution is 0.111. The van der Waals surface area contributed by atoms with Gasteiger partial charge in [0.25, 0.3) is 0 Å². The van der Waals surface area contributed by atoms with Crippen molar-refractivity contribution in [3.63, 3.8) is 0 Å². The van der Waals surface area contributed by atoms with Crippen molar-refractivity contribution in [1.82, 2.24) is 24.9 Å². The summed E-state index contributed by atoms with van der Waals surface area (Å²) in [4.78, 5) is 43.4. The Kier molecular flexibility index (Phi) is 5.91. The van der Waals surface area contributed by atoms with Gasteiger partial charge in [0, 0.05) is 34.9 Å². The van der Waals surface area contributed by atoms with Crippen LogP contribution in [0.1, 0.15) is 20.7 Å². The molecule has 0 unspecified atom stereocenters. The number of aromatic amines is 2. The van der Waals surface area contributed by atoms with Crippen LogP contribution in [0.15, 0.2) is 91.5 Å². The summed E-state index contributed by atoms with van der Waals surface area (Å²) in [6.07, 6.45) is 6.33. The summed E-state index contributed by atoms with van der Waals surface area (Å²) < 4.78 is 0. The molecule has 4 aromatic rings. The van der Waals surface area contributed by atoms with E-state index in [2.05, 4.69) is 35.6 Å². The lowest BCUT2D eigenvalue weighted by Gasteiger charge is -2.08. The van der Waals surface area contributed by atoms with Gasteiger partial charge in [0.05, 0.1) is 11.1 Å². The fourth-order valence-electron chi connectivity index (χ4n) is 4.30. The Hall–Kier alpha value is -5.57. The van der Waals surface area contributed by atoms with Gasteiger partial charge in [0.1, 0.15) is 29.6 Å². The van der Waals surface area contributed by atoms with Crippen LogP contribution < -0.4 is 10.6 Å². The summed E-state index contributed by atoms with van der Waals surface area (Å²) in [7, 11) is 0. The molecule has 6 rings (SSSR count). The van der Waals surface area contributed by atoms with Gasteiger partial charge in [0.15, 0.2) is 12.6 Å². The van der Waals surface area contributed by atoms with E-state index in [0.717, 1.165) is 35.1 Å². The van der Waals surface area contributed by atoms with E-state index < -0.39 is 0 Å². The van der Waals surface area contributed by atoms with E-state index in [0.29, 0.717) is 45.5 Å². The molecule has 4 heterocycles. The van der Waals surface area contributed by atoms with Crippen LogP contribution in [0.2, 0.25) is 0 Å². The van der Waals surface area contributed by atoms with Crippen LogP contribution >= 0.6 is 0 Å². The molecule has 0 bridgehead atoms. The Bertz CT molecular complexity index is 1580. The highest BCUT2D eigenvalue weighted by Crippen LogP contribution is 2.36. The number of benzene rings is 2. The first-order valence-electron chi connectivity index (χ1n) is 11.8. The molecule has 4 N–H and O–H groups in total. The van der Waals surface area contributed by atoms with Crippen molar-refractivity contribution in [2.24, 2.45) is 0 Å². The Morgan fingerprint density at radius 1 is 0.632 bits per heavy atom. The van der Waals surface area contributed by atoms with Gasteiger partial charge in [-0.15, -0.1) is 0 Å². The van der Waals surface area contributed by atoms with Gasteiger partial charge in [-0.1, -0.05) is 60.7 Å². The van der Waals surface area contributed by atoms with Gasteiger partial charge in [0.2, 0.25) is 0 Å². The van der Waals surface area contributed by atoms with E-state index in [4.69, 9.17) is 0 Å². The van der Waals surface area contributed by atoms with Crippen LogP contribution in [0.3, 0.4) is 0 Å². The van der Waals surface area contributed by atoms with Crippen LogP contribution in [-0.4, -0.2) is 37.5 Å². The number of rotatable bonds is 8. The molecule has 9 nitrogen and oxygen atoms in total. The van der Waals surface area contributed by atoms with Gasteiger partial charge < -0.3 is 20.6 Å². The summed E-state index contributed by atoms with van der Waals surface area (Å²) >= 11 is 0. The SMILES string of the molecule is O=Cc1cc(-c2ccccc2)[nH]c1Nc1ncnc(Nc2[nH]c(-c3ccccc3)cc2C=O)c2cncc1-2. The number of hydrogen-bond acceptors (Lipinski definition) is 7. The second-order valence-corrected chi connectivity index (χ2v) is 8.55. The van der Waals surface area contributed by atoms with E-state index in [-0.39, 0.29) is 0 Å². The van der Waals surface area contributed by atoms with Crippen LogP contribution in [0.4, 0.5) is 23.3 Å². The average molecular weight is 500 g/mol. The Labute approximate surface area is 217 Å². The molecule has 2 aromatic heterocycles. The number of H-pyrrole nitrogens is 2. The molecule has 184 valence electrons. The third-order valence-electron chi connectivity index (χ3n) is 6.19. The predicted molar refractivity (Wildman–Crippen MR) is 146 cm³/mol. The van der Waals surface area contributed by atoms with Crippen LogP contribution in [0.25, 0.3) is 33.6 Å². The molecule has 2 aliphatic rings. The minimum Gasteiger partial charge on any atom is -0.341 e. The number of nitrogens with one attached hydrogen (secondary N) is 4. The Balaban J connectivity index is 1.32.